The summed E-state index contributed by atoms with van der Waals surface area (Å²) >= 11 is 1.63. The molecule has 3 aromatic carbocycles. The third-order valence-corrected chi connectivity index (χ3v) is 7.31. The van der Waals surface area contributed by atoms with Crippen LogP contribution in [0, 0.1) is 0 Å². The van der Waals surface area contributed by atoms with Crippen molar-refractivity contribution in [3.05, 3.63) is 95.6 Å². The van der Waals surface area contributed by atoms with Gasteiger partial charge in [-0.15, -0.1) is 11.8 Å². The van der Waals surface area contributed by atoms with Crippen molar-refractivity contribution >= 4 is 35.0 Å². The first-order chi connectivity index (χ1) is 16.0. The van der Waals surface area contributed by atoms with Crippen LogP contribution in [0.5, 0.6) is 0 Å². The number of carbonyl (C=O) groups is 2. The highest BCUT2D eigenvalue weighted by atomic mass is 32.2. The summed E-state index contributed by atoms with van der Waals surface area (Å²) in [7, 11) is 0. The third kappa shape index (κ3) is 5.14. The molecular formula is C28H30N2O2S. The molecule has 4 rings (SSSR count). The Balaban J connectivity index is 1.49. The van der Waals surface area contributed by atoms with E-state index in [1.54, 1.807) is 11.8 Å². The molecule has 0 bridgehead atoms. The maximum absolute atomic E-state index is 12.9. The molecule has 33 heavy (non-hydrogen) atoms. The quantitative estimate of drug-likeness (QED) is 0.427. The maximum Gasteiger partial charge on any atom is 0.238 e. The Hall–Kier alpha value is -3.05. The molecule has 2 amide bonds. The van der Waals surface area contributed by atoms with E-state index in [0.717, 1.165) is 28.9 Å². The lowest BCUT2D eigenvalue weighted by molar-refractivity contribution is -0.118. The van der Waals surface area contributed by atoms with Gasteiger partial charge in [0.05, 0.1) is 11.7 Å². The number of hydrogen-bond acceptors (Lipinski definition) is 3. The SMILES string of the molecule is CC[C@@H](C(=O)Nc1ccc([C@H]2SCC(=O)N2c2ccc(C(C)C)cc2)cc1)c1ccccc1. The first-order valence-corrected chi connectivity index (χ1v) is 12.5. The zero-order valence-electron chi connectivity index (χ0n) is 19.3. The molecule has 0 aromatic heterocycles. The van der Waals surface area contributed by atoms with Gasteiger partial charge in [-0.25, -0.2) is 0 Å². The topological polar surface area (TPSA) is 49.4 Å². The molecule has 0 unspecified atom stereocenters. The van der Waals surface area contributed by atoms with Crippen LogP contribution in [0.3, 0.4) is 0 Å². The maximum atomic E-state index is 12.9. The highest BCUT2D eigenvalue weighted by molar-refractivity contribution is 8.00. The number of hydrogen-bond donors (Lipinski definition) is 1. The smallest absolute Gasteiger partial charge is 0.238 e. The summed E-state index contributed by atoms with van der Waals surface area (Å²) in [5.74, 6) is 0.848. The summed E-state index contributed by atoms with van der Waals surface area (Å²) in [6.07, 6.45) is 0.735. The Morgan fingerprint density at radius 3 is 2.24 bits per heavy atom. The van der Waals surface area contributed by atoms with Crippen molar-refractivity contribution < 1.29 is 9.59 Å². The van der Waals surface area contributed by atoms with E-state index in [9.17, 15) is 9.59 Å². The second kappa shape index (κ2) is 10.3. The molecule has 2 atom stereocenters. The number of thioether (sulfide) groups is 1. The molecule has 1 N–H and O–H groups in total. The number of nitrogens with zero attached hydrogens (tertiary/aromatic N) is 1. The fraction of sp³-hybridized carbons (Fsp3) is 0.286. The van der Waals surface area contributed by atoms with E-state index in [1.165, 1.54) is 5.56 Å². The number of anilines is 2. The van der Waals surface area contributed by atoms with E-state index in [4.69, 9.17) is 0 Å². The zero-order chi connectivity index (χ0) is 23.4. The molecule has 5 heteroatoms. The van der Waals surface area contributed by atoms with Crippen molar-refractivity contribution in [1.82, 2.24) is 0 Å². The number of nitrogens with one attached hydrogen (secondary N) is 1. The lowest BCUT2D eigenvalue weighted by Gasteiger charge is -2.25. The van der Waals surface area contributed by atoms with E-state index in [-0.39, 0.29) is 23.1 Å². The van der Waals surface area contributed by atoms with Gasteiger partial charge in [-0.2, -0.15) is 0 Å². The largest absolute Gasteiger partial charge is 0.326 e. The predicted octanol–water partition coefficient (Wildman–Crippen LogP) is 6.72. The molecule has 1 aliphatic rings. The fourth-order valence-electron chi connectivity index (χ4n) is 4.19. The minimum absolute atomic E-state index is 0.00580. The van der Waals surface area contributed by atoms with Gasteiger partial charge < -0.3 is 5.32 Å². The first kappa shape index (κ1) is 23.1. The van der Waals surface area contributed by atoms with E-state index < -0.39 is 0 Å². The summed E-state index contributed by atoms with van der Waals surface area (Å²) in [5, 5.41) is 2.98. The standard InChI is InChI=1S/C28H30N2O2S/c1-4-25(21-8-6-5-7-9-21)27(32)29-23-14-10-22(11-15-23)28-30(26(31)18-33-28)24-16-12-20(13-17-24)19(2)3/h5-17,19,25,28H,4,18H2,1-3H3,(H,29,32)/t25-,28-/m1/s1. The lowest BCUT2D eigenvalue weighted by atomic mass is 9.95. The highest BCUT2D eigenvalue weighted by Gasteiger charge is 2.34. The average molecular weight is 459 g/mol. The van der Waals surface area contributed by atoms with E-state index in [2.05, 4.69) is 31.3 Å². The van der Waals surface area contributed by atoms with Crippen LogP contribution in [-0.2, 0) is 9.59 Å². The fourth-order valence-corrected chi connectivity index (χ4v) is 5.37. The lowest BCUT2D eigenvalue weighted by Crippen LogP contribution is -2.27. The van der Waals surface area contributed by atoms with Gasteiger partial charge in [-0.3, -0.25) is 14.5 Å². The molecule has 1 aliphatic heterocycles. The van der Waals surface area contributed by atoms with Crippen LogP contribution >= 0.6 is 11.8 Å². The Bertz CT molecular complexity index is 1100. The van der Waals surface area contributed by atoms with Crippen molar-refractivity contribution in [2.45, 2.75) is 44.4 Å². The first-order valence-electron chi connectivity index (χ1n) is 11.5. The van der Waals surface area contributed by atoms with E-state index in [0.29, 0.717) is 11.7 Å². The number of amides is 2. The van der Waals surface area contributed by atoms with Gasteiger partial charge >= 0.3 is 0 Å². The molecule has 0 radical (unpaired) electrons. The molecule has 3 aromatic rings. The van der Waals surface area contributed by atoms with Crippen LogP contribution in [0.15, 0.2) is 78.9 Å². The second-order valence-electron chi connectivity index (χ2n) is 8.66. The van der Waals surface area contributed by atoms with Gasteiger partial charge in [0.25, 0.3) is 0 Å². The van der Waals surface area contributed by atoms with Gasteiger partial charge in [0.2, 0.25) is 11.8 Å². The summed E-state index contributed by atoms with van der Waals surface area (Å²) in [5.41, 5.74) is 5.02. The summed E-state index contributed by atoms with van der Waals surface area (Å²) < 4.78 is 0. The van der Waals surface area contributed by atoms with Crippen LogP contribution in [0.1, 0.15) is 61.1 Å². The third-order valence-electron chi connectivity index (χ3n) is 6.10. The zero-order valence-corrected chi connectivity index (χ0v) is 20.1. The van der Waals surface area contributed by atoms with Crippen LogP contribution in [0.25, 0.3) is 0 Å². The Labute approximate surface area is 200 Å². The summed E-state index contributed by atoms with van der Waals surface area (Å²) in [4.78, 5) is 27.4. The molecule has 4 nitrogen and oxygen atoms in total. The van der Waals surface area contributed by atoms with E-state index in [1.807, 2.05) is 78.6 Å². The van der Waals surface area contributed by atoms with Gasteiger partial charge in [-0.05, 0) is 53.3 Å². The summed E-state index contributed by atoms with van der Waals surface area (Å²) in [6, 6.07) is 26.0. The van der Waals surface area contributed by atoms with Crippen molar-refractivity contribution in [1.29, 1.82) is 0 Å². The van der Waals surface area contributed by atoms with Crippen molar-refractivity contribution in [2.75, 3.05) is 16.0 Å². The van der Waals surface area contributed by atoms with Crippen molar-refractivity contribution in [2.24, 2.45) is 0 Å². The van der Waals surface area contributed by atoms with E-state index >= 15 is 0 Å². The van der Waals surface area contributed by atoms with Gasteiger partial charge in [-0.1, -0.05) is 75.4 Å². The Morgan fingerprint density at radius 2 is 1.64 bits per heavy atom. The molecule has 1 saturated heterocycles. The number of benzene rings is 3. The van der Waals surface area contributed by atoms with Gasteiger partial charge in [0.15, 0.2) is 0 Å². The number of carbonyl (C=O) groups excluding carboxylic acids is 2. The highest BCUT2D eigenvalue weighted by Crippen LogP contribution is 2.42. The van der Waals surface area contributed by atoms with Crippen molar-refractivity contribution in [3.63, 3.8) is 0 Å². The monoisotopic (exact) mass is 458 g/mol. The Morgan fingerprint density at radius 1 is 0.970 bits per heavy atom. The molecular weight excluding hydrogens is 428 g/mol. The molecule has 0 saturated carbocycles. The van der Waals surface area contributed by atoms with Crippen molar-refractivity contribution in [3.8, 4) is 0 Å². The minimum atomic E-state index is -0.182. The molecule has 170 valence electrons. The van der Waals surface area contributed by atoms with Crippen LogP contribution < -0.4 is 10.2 Å². The minimum Gasteiger partial charge on any atom is -0.326 e. The average Bonchev–Trinajstić information content (AvgIpc) is 3.22. The van der Waals surface area contributed by atoms with Crippen LogP contribution in [-0.4, -0.2) is 17.6 Å². The second-order valence-corrected chi connectivity index (χ2v) is 9.72. The molecule has 0 aliphatic carbocycles. The summed E-state index contributed by atoms with van der Waals surface area (Å²) in [6.45, 7) is 6.35. The molecule has 1 heterocycles. The van der Waals surface area contributed by atoms with Crippen LogP contribution in [0.4, 0.5) is 11.4 Å². The number of rotatable bonds is 7. The molecule has 1 fully saturated rings. The van der Waals surface area contributed by atoms with Gasteiger partial charge in [0, 0.05) is 11.4 Å². The van der Waals surface area contributed by atoms with Crippen LogP contribution in [0.2, 0.25) is 0 Å². The predicted molar refractivity (Wildman–Crippen MR) is 138 cm³/mol. The Kier molecular flexibility index (Phi) is 7.19. The molecule has 0 spiro atoms. The normalized spacial score (nSPS) is 16.8. The van der Waals surface area contributed by atoms with Gasteiger partial charge in [0.1, 0.15) is 5.37 Å².